The number of amides is 2. The van der Waals surface area contributed by atoms with Crippen LogP contribution in [0.5, 0.6) is 0 Å². The van der Waals surface area contributed by atoms with Crippen LogP contribution >= 0.6 is 0 Å². The molecular weight excluding hydrogens is 438 g/mol. The standard InChI is InChI=1S/C22H27N9O3/c1-22(6-7-22)18(33)29-11-9-28(10-12-29)17(32)14-4-2-8-30(14)20-25-19(23)31-21(26-20)24-16(27-31)15-5-3-13-34-15/h3,5,13-14H,2,4,6-12H2,1H3,(H2,23,24,25,26,27)/t14-/m0/s1. The van der Waals surface area contributed by atoms with Crippen LogP contribution in [0.2, 0.25) is 0 Å². The third-order valence-corrected chi connectivity index (χ3v) is 7.15. The lowest BCUT2D eigenvalue weighted by atomic mass is 10.1. The van der Waals surface area contributed by atoms with E-state index < -0.39 is 0 Å². The predicted molar refractivity (Wildman–Crippen MR) is 122 cm³/mol. The fourth-order valence-electron chi connectivity index (χ4n) is 4.82. The fraction of sp³-hybridized carbons (Fsp3) is 0.545. The summed E-state index contributed by atoms with van der Waals surface area (Å²) >= 11 is 0. The molecule has 0 spiro atoms. The number of aromatic nitrogens is 5. The lowest BCUT2D eigenvalue weighted by Crippen LogP contribution is -2.55. The topological polar surface area (TPSA) is 139 Å². The number of carbonyl (C=O) groups is 2. The molecular formula is C22H27N9O3. The Kier molecular flexibility index (Phi) is 4.71. The van der Waals surface area contributed by atoms with Gasteiger partial charge in [-0.1, -0.05) is 6.92 Å². The predicted octanol–water partition coefficient (Wildman–Crippen LogP) is 0.801. The first kappa shape index (κ1) is 20.9. The van der Waals surface area contributed by atoms with Crippen molar-refractivity contribution in [3.8, 4) is 11.6 Å². The zero-order valence-corrected chi connectivity index (χ0v) is 19.1. The number of anilines is 2. The van der Waals surface area contributed by atoms with Crippen LogP contribution in [0.3, 0.4) is 0 Å². The zero-order valence-electron chi connectivity index (χ0n) is 19.1. The largest absolute Gasteiger partial charge is 0.461 e. The SMILES string of the molecule is CC1(C(=O)N2CCN(C(=O)[C@@H]3CCCN3c3nc(N)n4nc(-c5ccco5)nc4n3)CC2)CC1. The summed E-state index contributed by atoms with van der Waals surface area (Å²) in [6.07, 6.45) is 5.04. The molecule has 3 aliphatic rings. The normalized spacial score (nSPS) is 21.9. The Balaban J connectivity index is 1.19. The highest BCUT2D eigenvalue weighted by atomic mass is 16.3. The van der Waals surface area contributed by atoms with E-state index in [4.69, 9.17) is 10.2 Å². The van der Waals surface area contributed by atoms with E-state index in [-0.39, 0.29) is 29.2 Å². The first-order chi connectivity index (χ1) is 16.4. The van der Waals surface area contributed by atoms with E-state index in [2.05, 4.69) is 20.1 Å². The molecule has 2 saturated heterocycles. The van der Waals surface area contributed by atoms with E-state index in [0.29, 0.717) is 56.0 Å². The summed E-state index contributed by atoms with van der Waals surface area (Å²) in [5.41, 5.74) is 5.98. The lowest BCUT2D eigenvalue weighted by Gasteiger charge is -2.38. The average Bonchev–Trinajstić information content (AvgIpc) is 3.32. The number of fused-ring (bicyclic) bond motifs is 1. The number of rotatable bonds is 4. The third kappa shape index (κ3) is 3.44. The van der Waals surface area contributed by atoms with E-state index in [1.54, 1.807) is 18.4 Å². The van der Waals surface area contributed by atoms with Crippen molar-refractivity contribution in [3.63, 3.8) is 0 Å². The molecule has 1 saturated carbocycles. The highest BCUT2D eigenvalue weighted by Gasteiger charge is 2.48. The quantitative estimate of drug-likeness (QED) is 0.593. The van der Waals surface area contributed by atoms with Gasteiger partial charge in [0.2, 0.25) is 29.5 Å². The minimum Gasteiger partial charge on any atom is -0.461 e. The molecule has 0 radical (unpaired) electrons. The minimum absolute atomic E-state index is 0.0435. The van der Waals surface area contributed by atoms with E-state index in [1.165, 1.54) is 4.52 Å². The van der Waals surface area contributed by atoms with Crippen molar-refractivity contribution >= 4 is 29.5 Å². The zero-order chi connectivity index (χ0) is 23.4. The van der Waals surface area contributed by atoms with Crippen molar-refractivity contribution in [2.24, 2.45) is 5.41 Å². The van der Waals surface area contributed by atoms with Crippen LogP contribution < -0.4 is 10.6 Å². The number of furan rings is 1. The molecule has 178 valence electrons. The Bertz CT molecular complexity index is 1240. The summed E-state index contributed by atoms with van der Waals surface area (Å²) in [6, 6.07) is 3.15. The van der Waals surface area contributed by atoms with Gasteiger partial charge in [-0.25, -0.2) is 0 Å². The number of nitrogen functional groups attached to an aromatic ring is 1. The van der Waals surface area contributed by atoms with Crippen molar-refractivity contribution < 1.29 is 14.0 Å². The van der Waals surface area contributed by atoms with Gasteiger partial charge in [0, 0.05) is 38.1 Å². The molecule has 34 heavy (non-hydrogen) atoms. The molecule has 1 atom stereocenters. The van der Waals surface area contributed by atoms with E-state index in [9.17, 15) is 9.59 Å². The molecule has 3 fully saturated rings. The Morgan fingerprint density at radius 2 is 1.85 bits per heavy atom. The monoisotopic (exact) mass is 465 g/mol. The van der Waals surface area contributed by atoms with E-state index >= 15 is 0 Å². The molecule has 2 aliphatic heterocycles. The van der Waals surface area contributed by atoms with Crippen LogP contribution in [0.15, 0.2) is 22.8 Å². The maximum Gasteiger partial charge on any atom is 0.259 e. The van der Waals surface area contributed by atoms with Crippen LogP contribution in [0.4, 0.5) is 11.9 Å². The minimum atomic E-state index is -0.363. The van der Waals surface area contributed by atoms with E-state index in [0.717, 1.165) is 25.7 Å². The maximum absolute atomic E-state index is 13.4. The van der Waals surface area contributed by atoms with Crippen molar-refractivity contribution in [1.29, 1.82) is 0 Å². The Morgan fingerprint density at radius 1 is 1.09 bits per heavy atom. The first-order valence-corrected chi connectivity index (χ1v) is 11.7. The third-order valence-electron chi connectivity index (χ3n) is 7.15. The van der Waals surface area contributed by atoms with Gasteiger partial charge >= 0.3 is 0 Å². The Labute approximate surface area is 195 Å². The van der Waals surface area contributed by atoms with Gasteiger partial charge in [0.1, 0.15) is 6.04 Å². The van der Waals surface area contributed by atoms with Crippen molar-refractivity contribution in [2.75, 3.05) is 43.4 Å². The number of piperazine rings is 1. The molecule has 1 aliphatic carbocycles. The van der Waals surface area contributed by atoms with E-state index in [1.807, 2.05) is 21.6 Å². The van der Waals surface area contributed by atoms with Crippen molar-refractivity contribution in [1.82, 2.24) is 34.4 Å². The number of nitrogens with zero attached hydrogens (tertiary/aromatic N) is 8. The molecule has 3 aromatic heterocycles. The molecule has 5 heterocycles. The number of nitrogens with two attached hydrogens (primary N) is 1. The highest BCUT2D eigenvalue weighted by Crippen LogP contribution is 2.46. The van der Waals surface area contributed by atoms with Crippen molar-refractivity contribution in [3.05, 3.63) is 18.4 Å². The van der Waals surface area contributed by atoms with Crippen LogP contribution in [0.25, 0.3) is 17.4 Å². The maximum atomic E-state index is 13.4. The van der Waals surface area contributed by atoms with Crippen LogP contribution in [-0.4, -0.2) is 84.9 Å². The molecule has 3 aromatic rings. The number of carbonyl (C=O) groups excluding carboxylic acids is 2. The molecule has 12 heteroatoms. The molecule has 2 N–H and O–H groups in total. The van der Waals surface area contributed by atoms with Crippen LogP contribution in [-0.2, 0) is 9.59 Å². The second-order valence-electron chi connectivity index (χ2n) is 9.54. The highest BCUT2D eigenvalue weighted by molar-refractivity contribution is 5.87. The summed E-state index contributed by atoms with van der Waals surface area (Å²) in [4.78, 5) is 45.1. The van der Waals surface area contributed by atoms with Gasteiger partial charge in [0.05, 0.1) is 6.26 Å². The lowest BCUT2D eigenvalue weighted by molar-refractivity contribution is -0.143. The summed E-state index contributed by atoms with van der Waals surface area (Å²) in [6.45, 7) is 4.93. The molecule has 0 unspecified atom stereocenters. The smallest absolute Gasteiger partial charge is 0.259 e. The molecule has 2 amide bonds. The number of hydrogen-bond acceptors (Lipinski definition) is 9. The molecule has 0 aromatic carbocycles. The summed E-state index contributed by atoms with van der Waals surface area (Å²) in [7, 11) is 0. The molecule has 0 bridgehead atoms. The second kappa shape index (κ2) is 7.67. The Morgan fingerprint density at radius 3 is 2.56 bits per heavy atom. The van der Waals surface area contributed by atoms with Gasteiger partial charge in [0.25, 0.3) is 5.78 Å². The van der Waals surface area contributed by atoms with Gasteiger partial charge in [-0.3, -0.25) is 9.59 Å². The summed E-state index contributed by atoms with van der Waals surface area (Å²) in [5.74, 6) is 1.95. The first-order valence-electron chi connectivity index (χ1n) is 11.7. The Hall–Kier alpha value is -3.70. The summed E-state index contributed by atoms with van der Waals surface area (Å²) in [5, 5.41) is 4.33. The van der Waals surface area contributed by atoms with Gasteiger partial charge in [-0.05, 0) is 37.8 Å². The fourth-order valence-corrected chi connectivity index (χ4v) is 4.82. The van der Waals surface area contributed by atoms with Crippen LogP contribution in [0, 0.1) is 5.41 Å². The average molecular weight is 466 g/mol. The summed E-state index contributed by atoms with van der Waals surface area (Å²) < 4.78 is 6.73. The van der Waals surface area contributed by atoms with Crippen molar-refractivity contribution in [2.45, 2.75) is 38.6 Å². The molecule has 12 nitrogen and oxygen atoms in total. The van der Waals surface area contributed by atoms with Gasteiger partial charge in [0.15, 0.2) is 5.76 Å². The van der Waals surface area contributed by atoms with Gasteiger partial charge in [-0.15, -0.1) is 5.10 Å². The second-order valence-corrected chi connectivity index (χ2v) is 9.54. The number of hydrogen-bond donors (Lipinski definition) is 1. The molecule has 6 rings (SSSR count). The van der Waals surface area contributed by atoms with Gasteiger partial charge < -0.3 is 24.9 Å². The van der Waals surface area contributed by atoms with Crippen LogP contribution in [0.1, 0.15) is 32.6 Å². The van der Waals surface area contributed by atoms with Gasteiger partial charge in [-0.2, -0.15) is 19.5 Å².